The van der Waals surface area contributed by atoms with Gasteiger partial charge in [-0.15, -0.1) is 0 Å². The van der Waals surface area contributed by atoms with Crippen LogP contribution in [0.5, 0.6) is 0 Å². The number of urea groups is 1. The maximum Gasteiger partial charge on any atom is 0.323 e. The van der Waals surface area contributed by atoms with E-state index in [1.807, 2.05) is 13.8 Å². The van der Waals surface area contributed by atoms with E-state index in [2.05, 4.69) is 5.32 Å². The molecule has 0 unspecified atom stereocenters. The van der Waals surface area contributed by atoms with E-state index in [1.165, 1.54) is 4.90 Å². The summed E-state index contributed by atoms with van der Waals surface area (Å²) >= 11 is 0. The highest BCUT2D eigenvalue weighted by Gasteiger charge is 2.37. The van der Waals surface area contributed by atoms with Crippen LogP contribution in [0.1, 0.15) is 33.1 Å². The van der Waals surface area contributed by atoms with Crippen LogP contribution in [0.4, 0.5) is 4.79 Å². The monoisotopic (exact) mass is 272 g/mol. The minimum absolute atomic E-state index is 0.227. The van der Waals surface area contributed by atoms with E-state index in [1.54, 1.807) is 7.11 Å². The maximum atomic E-state index is 12.0. The number of carboxylic acids is 1. The number of methoxy groups -OCH3 is 1. The summed E-state index contributed by atoms with van der Waals surface area (Å²) in [5.74, 6) is -0.772. The molecule has 1 rings (SSSR count). The number of aliphatic carboxylic acids is 1. The fourth-order valence-electron chi connectivity index (χ4n) is 2.20. The summed E-state index contributed by atoms with van der Waals surface area (Å²) in [7, 11) is 1.65. The van der Waals surface area contributed by atoms with Gasteiger partial charge in [-0.25, -0.2) is 4.79 Å². The lowest BCUT2D eigenvalue weighted by molar-refractivity contribution is -0.137. The van der Waals surface area contributed by atoms with Gasteiger partial charge in [-0.05, 0) is 25.2 Å². The van der Waals surface area contributed by atoms with Crippen LogP contribution >= 0.6 is 0 Å². The van der Waals surface area contributed by atoms with Gasteiger partial charge in [0.15, 0.2) is 0 Å². The number of hydrogen-bond donors (Lipinski definition) is 2. The first-order valence-corrected chi connectivity index (χ1v) is 6.68. The number of carbonyl (C=O) groups is 2. The molecule has 19 heavy (non-hydrogen) atoms. The van der Waals surface area contributed by atoms with Gasteiger partial charge in [0, 0.05) is 20.2 Å². The summed E-state index contributed by atoms with van der Waals surface area (Å²) < 4.78 is 5.42. The lowest BCUT2D eigenvalue weighted by Gasteiger charge is -2.40. The highest BCUT2D eigenvalue weighted by atomic mass is 16.5. The second-order valence-electron chi connectivity index (χ2n) is 5.57. The Hall–Kier alpha value is -1.30. The van der Waals surface area contributed by atoms with Gasteiger partial charge in [0.05, 0.1) is 5.60 Å². The zero-order valence-corrected chi connectivity index (χ0v) is 11.9. The Kier molecular flexibility index (Phi) is 5.60. The van der Waals surface area contributed by atoms with Crippen LogP contribution in [-0.2, 0) is 9.53 Å². The molecule has 0 aromatic rings. The normalized spacial score (nSPS) is 16.8. The van der Waals surface area contributed by atoms with E-state index in [9.17, 15) is 9.59 Å². The second-order valence-corrected chi connectivity index (χ2v) is 5.57. The zero-order chi connectivity index (χ0) is 14.5. The quantitative estimate of drug-likeness (QED) is 0.732. The van der Waals surface area contributed by atoms with Gasteiger partial charge in [0.1, 0.15) is 6.54 Å². The van der Waals surface area contributed by atoms with Crippen LogP contribution < -0.4 is 5.32 Å². The van der Waals surface area contributed by atoms with E-state index in [0.717, 1.165) is 19.3 Å². The number of nitrogens with one attached hydrogen (secondary N) is 1. The standard InChI is InChI=1S/C13H24N2O4/c1-10(2)7-15(8-11(16)17)12(18)14-9-13(19-3)5-4-6-13/h10H,4-9H2,1-3H3,(H,14,18)(H,16,17). The molecule has 0 bridgehead atoms. The topological polar surface area (TPSA) is 78.9 Å². The number of hydrogen-bond acceptors (Lipinski definition) is 3. The van der Waals surface area contributed by atoms with Gasteiger partial charge in [-0.2, -0.15) is 0 Å². The zero-order valence-electron chi connectivity index (χ0n) is 11.9. The molecule has 1 aliphatic rings. The molecular weight excluding hydrogens is 248 g/mol. The summed E-state index contributed by atoms with van der Waals surface area (Å²) in [6.45, 7) is 4.49. The number of carboxylic acid groups (broad SMARTS) is 1. The smallest absolute Gasteiger partial charge is 0.323 e. The van der Waals surface area contributed by atoms with Gasteiger partial charge in [0.25, 0.3) is 0 Å². The van der Waals surface area contributed by atoms with Gasteiger partial charge in [-0.3, -0.25) is 4.79 Å². The molecule has 0 aliphatic heterocycles. The summed E-state index contributed by atoms with van der Waals surface area (Å²) in [5.41, 5.74) is -0.248. The summed E-state index contributed by atoms with van der Waals surface area (Å²) in [6, 6.07) is -0.334. The first kappa shape index (κ1) is 15.8. The molecule has 1 aliphatic carbocycles. The highest BCUT2D eigenvalue weighted by Crippen LogP contribution is 2.34. The third kappa shape index (κ3) is 4.70. The predicted octanol–water partition coefficient (Wildman–Crippen LogP) is 1.31. The van der Waals surface area contributed by atoms with Crippen molar-refractivity contribution in [3.05, 3.63) is 0 Å². The Balaban J connectivity index is 2.48. The second kappa shape index (κ2) is 6.75. The van der Waals surface area contributed by atoms with Crippen molar-refractivity contribution in [2.45, 2.75) is 38.7 Å². The van der Waals surface area contributed by atoms with Gasteiger partial charge >= 0.3 is 12.0 Å². The first-order valence-electron chi connectivity index (χ1n) is 6.68. The molecular formula is C13H24N2O4. The molecule has 2 amide bonds. The number of carbonyl (C=O) groups excluding carboxylic acids is 1. The van der Waals surface area contributed by atoms with Crippen LogP contribution in [-0.4, -0.2) is 54.4 Å². The molecule has 0 aromatic carbocycles. The Morgan fingerprint density at radius 2 is 2.05 bits per heavy atom. The van der Waals surface area contributed by atoms with Crippen molar-refractivity contribution in [2.24, 2.45) is 5.92 Å². The summed E-state index contributed by atoms with van der Waals surface area (Å²) in [5, 5.41) is 11.6. The SMILES string of the molecule is COC1(CNC(=O)N(CC(=O)O)CC(C)C)CCC1. The van der Waals surface area contributed by atoms with Crippen molar-refractivity contribution >= 4 is 12.0 Å². The molecule has 0 atom stereocenters. The molecule has 0 radical (unpaired) electrons. The van der Waals surface area contributed by atoms with E-state index < -0.39 is 5.97 Å². The van der Waals surface area contributed by atoms with Crippen LogP contribution in [0.2, 0.25) is 0 Å². The largest absolute Gasteiger partial charge is 0.480 e. The van der Waals surface area contributed by atoms with Crippen molar-refractivity contribution in [1.82, 2.24) is 10.2 Å². The number of ether oxygens (including phenoxy) is 1. The minimum Gasteiger partial charge on any atom is -0.480 e. The van der Waals surface area contributed by atoms with E-state index in [4.69, 9.17) is 9.84 Å². The summed E-state index contributed by atoms with van der Waals surface area (Å²) in [6.07, 6.45) is 2.98. The molecule has 110 valence electrons. The lowest BCUT2D eigenvalue weighted by atomic mass is 9.80. The van der Waals surface area contributed by atoms with Gasteiger partial charge in [0.2, 0.25) is 0 Å². The third-order valence-corrected chi connectivity index (χ3v) is 3.46. The number of amides is 2. The summed E-state index contributed by atoms with van der Waals surface area (Å²) in [4.78, 5) is 24.1. The highest BCUT2D eigenvalue weighted by molar-refractivity contribution is 5.80. The molecule has 6 nitrogen and oxygen atoms in total. The lowest BCUT2D eigenvalue weighted by Crippen LogP contribution is -2.53. The number of rotatable bonds is 7. The van der Waals surface area contributed by atoms with E-state index in [0.29, 0.717) is 13.1 Å². The van der Waals surface area contributed by atoms with Crippen molar-refractivity contribution in [3.8, 4) is 0 Å². The van der Waals surface area contributed by atoms with Crippen molar-refractivity contribution in [3.63, 3.8) is 0 Å². The Morgan fingerprint density at radius 3 is 2.42 bits per heavy atom. The molecule has 6 heteroatoms. The molecule has 0 aromatic heterocycles. The molecule has 1 fully saturated rings. The van der Waals surface area contributed by atoms with E-state index in [-0.39, 0.29) is 24.1 Å². The molecule has 0 spiro atoms. The number of nitrogens with zero attached hydrogens (tertiary/aromatic N) is 1. The van der Waals surface area contributed by atoms with Crippen LogP contribution in [0.25, 0.3) is 0 Å². The Bertz CT molecular complexity index is 321. The van der Waals surface area contributed by atoms with Gasteiger partial charge in [-0.1, -0.05) is 13.8 Å². The molecule has 0 heterocycles. The van der Waals surface area contributed by atoms with Gasteiger partial charge < -0.3 is 20.1 Å². The molecule has 1 saturated carbocycles. The maximum absolute atomic E-state index is 12.0. The minimum atomic E-state index is -0.999. The van der Waals surface area contributed by atoms with Crippen molar-refractivity contribution in [2.75, 3.05) is 26.7 Å². The van der Waals surface area contributed by atoms with Crippen molar-refractivity contribution in [1.29, 1.82) is 0 Å². The third-order valence-electron chi connectivity index (χ3n) is 3.46. The van der Waals surface area contributed by atoms with Crippen molar-refractivity contribution < 1.29 is 19.4 Å². The molecule has 2 N–H and O–H groups in total. The van der Waals surface area contributed by atoms with Crippen LogP contribution in [0, 0.1) is 5.92 Å². The van der Waals surface area contributed by atoms with Crippen LogP contribution in [0.3, 0.4) is 0 Å². The predicted molar refractivity (Wildman–Crippen MR) is 71.0 cm³/mol. The molecule has 0 saturated heterocycles. The average Bonchev–Trinajstić information content (AvgIpc) is 2.25. The Morgan fingerprint density at radius 1 is 1.42 bits per heavy atom. The fraction of sp³-hybridized carbons (Fsp3) is 0.846. The average molecular weight is 272 g/mol. The van der Waals surface area contributed by atoms with E-state index >= 15 is 0 Å². The first-order chi connectivity index (χ1) is 8.88. The van der Waals surface area contributed by atoms with Crippen LogP contribution in [0.15, 0.2) is 0 Å². The fourth-order valence-corrected chi connectivity index (χ4v) is 2.20. The Labute approximate surface area is 114 Å².